The smallest absolute Gasteiger partial charge is 0.257 e. The molecule has 2 fully saturated rings. The summed E-state index contributed by atoms with van der Waals surface area (Å²) in [5, 5.41) is 6.27. The highest BCUT2D eigenvalue weighted by Crippen LogP contribution is 2.39. The van der Waals surface area contributed by atoms with Gasteiger partial charge >= 0.3 is 0 Å². The summed E-state index contributed by atoms with van der Waals surface area (Å²) >= 11 is 0. The first-order chi connectivity index (χ1) is 17.0. The summed E-state index contributed by atoms with van der Waals surface area (Å²) in [5.74, 6) is 0.388. The van der Waals surface area contributed by atoms with E-state index >= 15 is 0 Å². The number of methoxy groups -OCH3 is 2. The molecule has 2 aromatic carbocycles. The monoisotopic (exact) mass is 483 g/mol. The van der Waals surface area contributed by atoms with Gasteiger partial charge in [-0.15, -0.1) is 0 Å². The van der Waals surface area contributed by atoms with Crippen LogP contribution in [0.2, 0.25) is 0 Å². The van der Waals surface area contributed by atoms with Crippen molar-refractivity contribution in [1.29, 1.82) is 0 Å². The Morgan fingerprint density at radius 2 is 1.80 bits per heavy atom. The Morgan fingerprint density at radius 3 is 2.46 bits per heavy atom. The molecular formula is C26H30FN3O5. The second-order valence-electron chi connectivity index (χ2n) is 9.00. The lowest BCUT2D eigenvalue weighted by Crippen LogP contribution is -2.48. The van der Waals surface area contributed by atoms with E-state index in [1.165, 1.54) is 12.1 Å². The van der Waals surface area contributed by atoms with Crippen molar-refractivity contribution in [3.05, 3.63) is 59.4 Å². The first kappa shape index (κ1) is 23.7. The fourth-order valence-electron chi connectivity index (χ4n) is 4.99. The van der Waals surface area contributed by atoms with Crippen molar-refractivity contribution in [3.8, 4) is 11.5 Å². The number of amides is 1. The number of piperidine rings is 1. The zero-order chi connectivity index (χ0) is 24.4. The molecule has 0 aromatic heterocycles. The van der Waals surface area contributed by atoms with E-state index < -0.39 is 5.79 Å². The first-order valence-corrected chi connectivity index (χ1v) is 11.9. The molecule has 1 spiro atoms. The summed E-state index contributed by atoms with van der Waals surface area (Å²) in [4.78, 5) is 15.7. The molecular weight excluding hydrogens is 453 g/mol. The van der Waals surface area contributed by atoms with Gasteiger partial charge in [-0.3, -0.25) is 9.69 Å². The van der Waals surface area contributed by atoms with Crippen LogP contribution in [0, 0.1) is 5.82 Å². The number of ether oxygens (including phenoxy) is 4. The summed E-state index contributed by atoms with van der Waals surface area (Å²) in [6, 6.07) is 11.4. The minimum absolute atomic E-state index is 0.103. The largest absolute Gasteiger partial charge is 0.497 e. The van der Waals surface area contributed by atoms with Gasteiger partial charge in [0.1, 0.15) is 17.3 Å². The molecule has 3 heterocycles. The van der Waals surface area contributed by atoms with Gasteiger partial charge in [-0.1, -0.05) is 12.1 Å². The molecule has 0 bridgehead atoms. The molecule has 1 atom stereocenters. The van der Waals surface area contributed by atoms with E-state index in [0.29, 0.717) is 44.2 Å². The van der Waals surface area contributed by atoms with Gasteiger partial charge in [0.05, 0.1) is 45.7 Å². The van der Waals surface area contributed by atoms with Crippen LogP contribution in [0.15, 0.2) is 47.6 Å². The summed E-state index contributed by atoms with van der Waals surface area (Å²) in [5.41, 5.74) is 2.36. The van der Waals surface area contributed by atoms with Gasteiger partial charge in [-0.2, -0.15) is 5.10 Å². The predicted molar refractivity (Wildman–Crippen MR) is 127 cm³/mol. The minimum Gasteiger partial charge on any atom is -0.497 e. The lowest BCUT2D eigenvalue weighted by Gasteiger charge is -2.37. The molecule has 35 heavy (non-hydrogen) atoms. The Labute approximate surface area is 204 Å². The van der Waals surface area contributed by atoms with Crippen molar-refractivity contribution in [2.24, 2.45) is 5.10 Å². The van der Waals surface area contributed by atoms with E-state index in [-0.39, 0.29) is 24.3 Å². The number of carbonyl (C=O) groups is 1. The SMILES string of the molecule is COc1ccc([C@@H]2CC(c3ccc(F)cc3)=NN2C(=O)CN2CCC3(CC2)OCCO3)c(OC)c1. The van der Waals surface area contributed by atoms with Gasteiger partial charge in [0.25, 0.3) is 5.91 Å². The number of halogens is 1. The van der Waals surface area contributed by atoms with E-state index in [4.69, 9.17) is 24.0 Å². The van der Waals surface area contributed by atoms with Crippen LogP contribution < -0.4 is 9.47 Å². The van der Waals surface area contributed by atoms with Crippen molar-refractivity contribution in [3.63, 3.8) is 0 Å². The maximum Gasteiger partial charge on any atom is 0.257 e. The average Bonchev–Trinajstić information content (AvgIpc) is 3.53. The molecule has 0 N–H and O–H groups in total. The number of likely N-dealkylation sites (tertiary alicyclic amines) is 1. The number of hydrazone groups is 1. The van der Waals surface area contributed by atoms with Gasteiger partial charge in [0.15, 0.2) is 5.79 Å². The van der Waals surface area contributed by atoms with Crippen LogP contribution in [0.5, 0.6) is 11.5 Å². The highest BCUT2D eigenvalue weighted by atomic mass is 19.1. The maximum atomic E-state index is 13.6. The molecule has 5 rings (SSSR count). The van der Waals surface area contributed by atoms with Gasteiger partial charge in [0, 0.05) is 44.0 Å². The normalized spacial score (nSPS) is 21.9. The number of nitrogens with zero attached hydrogens (tertiary/aromatic N) is 3. The standard InChI is InChI=1S/C26H30FN3O5/c1-32-20-7-8-21(24(15-20)33-2)23-16-22(18-3-5-19(27)6-4-18)28-30(23)25(31)17-29-11-9-26(10-12-29)34-13-14-35-26/h3-8,15,23H,9-14,16-17H2,1-2H3/t23-/m0/s1. The summed E-state index contributed by atoms with van der Waals surface area (Å²) in [6.45, 7) is 2.92. The van der Waals surface area contributed by atoms with Crippen molar-refractivity contribution in [2.45, 2.75) is 31.1 Å². The van der Waals surface area contributed by atoms with Gasteiger partial charge < -0.3 is 18.9 Å². The molecule has 0 radical (unpaired) electrons. The molecule has 0 aliphatic carbocycles. The van der Waals surface area contributed by atoms with Gasteiger partial charge in [-0.05, 0) is 29.8 Å². The zero-order valence-electron chi connectivity index (χ0n) is 20.0. The van der Waals surface area contributed by atoms with Crippen LogP contribution in [0.25, 0.3) is 0 Å². The Morgan fingerprint density at radius 1 is 1.09 bits per heavy atom. The number of hydrogen-bond donors (Lipinski definition) is 0. The molecule has 3 aliphatic heterocycles. The molecule has 8 nitrogen and oxygen atoms in total. The molecule has 3 aliphatic rings. The zero-order valence-corrected chi connectivity index (χ0v) is 20.0. The molecule has 0 saturated carbocycles. The van der Waals surface area contributed by atoms with E-state index in [1.54, 1.807) is 37.4 Å². The molecule has 9 heteroatoms. The third kappa shape index (κ3) is 4.89. The van der Waals surface area contributed by atoms with Crippen molar-refractivity contribution >= 4 is 11.6 Å². The minimum atomic E-state index is -0.486. The highest BCUT2D eigenvalue weighted by Gasteiger charge is 2.41. The number of rotatable bonds is 6. The fourth-order valence-corrected chi connectivity index (χ4v) is 4.99. The lowest BCUT2D eigenvalue weighted by atomic mass is 9.97. The van der Waals surface area contributed by atoms with Crippen LogP contribution in [0.3, 0.4) is 0 Å². The van der Waals surface area contributed by atoms with Crippen LogP contribution >= 0.6 is 0 Å². The maximum absolute atomic E-state index is 13.6. The second-order valence-corrected chi connectivity index (χ2v) is 9.00. The van der Waals surface area contributed by atoms with Crippen LogP contribution in [0.1, 0.15) is 36.4 Å². The Balaban J connectivity index is 1.38. The number of carbonyl (C=O) groups excluding carboxylic acids is 1. The fraction of sp³-hybridized carbons (Fsp3) is 0.462. The topological polar surface area (TPSA) is 72.8 Å². The Kier molecular flexibility index (Phi) is 6.73. The highest BCUT2D eigenvalue weighted by molar-refractivity contribution is 6.03. The van der Waals surface area contributed by atoms with E-state index in [0.717, 1.165) is 29.7 Å². The molecule has 1 amide bonds. The van der Waals surface area contributed by atoms with Crippen LogP contribution in [-0.4, -0.2) is 74.4 Å². The number of hydrogen-bond acceptors (Lipinski definition) is 7. The quantitative estimate of drug-likeness (QED) is 0.628. The van der Waals surface area contributed by atoms with Crippen molar-refractivity contribution in [1.82, 2.24) is 9.91 Å². The summed E-state index contributed by atoms with van der Waals surface area (Å²) in [7, 11) is 3.19. The third-order valence-electron chi connectivity index (χ3n) is 6.93. The second kappa shape index (κ2) is 9.93. The first-order valence-electron chi connectivity index (χ1n) is 11.9. The molecule has 2 aromatic rings. The number of benzene rings is 2. The molecule has 2 saturated heterocycles. The van der Waals surface area contributed by atoms with E-state index in [9.17, 15) is 9.18 Å². The van der Waals surface area contributed by atoms with E-state index in [1.807, 2.05) is 12.1 Å². The van der Waals surface area contributed by atoms with E-state index in [2.05, 4.69) is 4.90 Å². The Hall–Kier alpha value is -3.01. The third-order valence-corrected chi connectivity index (χ3v) is 6.93. The van der Waals surface area contributed by atoms with Crippen LogP contribution in [-0.2, 0) is 14.3 Å². The predicted octanol–water partition coefficient (Wildman–Crippen LogP) is 3.36. The van der Waals surface area contributed by atoms with Crippen LogP contribution in [0.4, 0.5) is 4.39 Å². The Bertz CT molecular complexity index is 1090. The summed E-state index contributed by atoms with van der Waals surface area (Å²) < 4.78 is 36.1. The van der Waals surface area contributed by atoms with Gasteiger partial charge in [-0.25, -0.2) is 9.40 Å². The average molecular weight is 484 g/mol. The van der Waals surface area contributed by atoms with Crippen molar-refractivity contribution in [2.75, 3.05) is 47.1 Å². The summed E-state index contributed by atoms with van der Waals surface area (Å²) in [6.07, 6.45) is 1.96. The molecule has 0 unspecified atom stereocenters. The lowest BCUT2D eigenvalue weighted by molar-refractivity contribution is -0.186. The molecule has 186 valence electrons. The van der Waals surface area contributed by atoms with Gasteiger partial charge in [0.2, 0.25) is 0 Å². The van der Waals surface area contributed by atoms with Crippen molar-refractivity contribution < 1.29 is 28.1 Å².